The van der Waals surface area contributed by atoms with Gasteiger partial charge >= 0.3 is 5.97 Å². The molecule has 0 aromatic heterocycles. The van der Waals surface area contributed by atoms with Gasteiger partial charge in [-0.3, -0.25) is 14.4 Å². The van der Waals surface area contributed by atoms with Gasteiger partial charge in [-0.2, -0.15) is 0 Å². The number of rotatable bonds is 4. The van der Waals surface area contributed by atoms with Crippen molar-refractivity contribution < 1.29 is 19.5 Å². The Morgan fingerprint density at radius 1 is 1.24 bits per heavy atom. The zero-order valence-corrected chi connectivity index (χ0v) is 14.6. The van der Waals surface area contributed by atoms with Crippen LogP contribution in [0.2, 0.25) is 0 Å². The molecule has 0 spiro atoms. The van der Waals surface area contributed by atoms with Gasteiger partial charge in [-0.05, 0) is 23.8 Å². The van der Waals surface area contributed by atoms with E-state index >= 15 is 0 Å². The molecular weight excluding hydrogens is 340 g/mol. The number of carbonyl (C=O) groups excluding carboxylic acids is 2. The molecule has 1 fully saturated rings. The average Bonchev–Trinajstić information content (AvgIpc) is 2.64. The van der Waals surface area contributed by atoms with Crippen LogP contribution in [-0.2, 0) is 14.4 Å². The second kappa shape index (κ2) is 7.74. The molecular formula is C18H20N2O4S. The van der Waals surface area contributed by atoms with E-state index in [4.69, 9.17) is 0 Å². The normalized spacial score (nSPS) is 21.0. The number of hydrogen-bond donors (Lipinski definition) is 1. The van der Waals surface area contributed by atoms with Crippen LogP contribution in [0.1, 0.15) is 18.4 Å². The van der Waals surface area contributed by atoms with Gasteiger partial charge in [0.2, 0.25) is 11.8 Å². The van der Waals surface area contributed by atoms with Crippen molar-refractivity contribution in [2.24, 2.45) is 5.92 Å². The largest absolute Gasteiger partial charge is 0.481 e. The van der Waals surface area contributed by atoms with E-state index in [-0.39, 0.29) is 24.9 Å². The first-order valence-corrected chi connectivity index (χ1v) is 9.29. The summed E-state index contributed by atoms with van der Waals surface area (Å²) in [6.45, 7) is 0.714. The van der Waals surface area contributed by atoms with E-state index in [9.17, 15) is 19.5 Å². The summed E-state index contributed by atoms with van der Waals surface area (Å²) in [5, 5.41) is 11.1. The lowest BCUT2D eigenvalue weighted by Gasteiger charge is -2.34. The van der Waals surface area contributed by atoms with E-state index in [1.807, 2.05) is 35.7 Å². The number of carboxylic acids is 1. The van der Waals surface area contributed by atoms with Crippen LogP contribution in [0.25, 0.3) is 5.70 Å². The number of aliphatic carboxylic acids is 1. The first-order chi connectivity index (χ1) is 12.1. The van der Waals surface area contributed by atoms with Crippen LogP contribution in [-0.4, -0.2) is 58.1 Å². The lowest BCUT2D eigenvalue weighted by Crippen LogP contribution is -2.48. The Morgan fingerprint density at radius 3 is 2.72 bits per heavy atom. The average molecular weight is 360 g/mol. The molecule has 0 aliphatic carbocycles. The van der Waals surface area contributed by atoms with Crippen molar-refractivity contribution in [1.29, 1.82) is 0 Å². The Morgan fingerprint density at radius 2 is 2.00 bits per heavy atom. The molecule has 2 amide bonds. The molecule has 2 heterocycles. The van der Waals surface area contributed by atoms with E-state index < -0.39 is 11.9 Å². The number of piperidine rings is 1. The topological polar surface area (TPSA) is 77.9 Å². The van der Waals surface area contributed by atoms with Crippen molar-refractivity contribution >= 4 is 35.2 Å². The number of likely N-dealkylation sites (tertiary alicyclic amines) is 1. The number of carboxylic acid groups (broad SMARTS) is 1. The van der Waals surface area contributed by atoms with Gasteiger partial charge in [0, 0.05) is 13.1 Å². The van der Waals surface area contributed by atoms with Gasteiger partial charge in [0.05, 0.1) is 17.4 Å². The van der Waals surface area contributed by atoms with Crippen molar-refractivity contribution in [2.75, 3.05) is 25.4 Å². The quantitative estimate of drug-likeness (QED) is 0.887. The molecule has 25 heavy (non-hydrogen) atoms. The zero-order chi connectivity index (χ0) is 17.8. The molecule has 1 aromatic carbocycles. The maximum absolute atomic E-state index is 12.7. The highest BCUT2D eigenvalue weighted by Gasteiger charge is 2.31. The Balaban J connectivity index is 1.74. The molecule has 3 rings (SSSR count). The fourth-order valence-corrected chi connectivity index (χ4v) is 3.92. The Labute approximate surface area is 150 Å². The first-order valence-electron chi connectivity index (χ1n) is 8.24. The number of nitrogens with zero attached hydrogens (tertiary/aromatic N) is 2. The summed E-state index contributed by atoms with van der Waals surface area (Å²) in [6, 6.07) is 9.49. The zero-order valence-electron chi connectivity index (χ0n) is 13.8. The smallest absolute Gasteiger partial charge is 0.308 e. The molecule has 1 unspecified atom stereocenters. The lowest BCUT2D eigenvalue weighted by atomic mass is 9.98. The molecule has 2 aliphatic rings. The van der Waals surface area contributed by atoms with Crippen molar-refractivity contribution in [3.63, 3.8) is 0 Å². The number of carbonyl (C=O) groups is 3. The summed E-state index contributed by atoms with van der Waals surface area (Å²) in [7, 11) is 0. The monoisotopic (exact) mass is 360 g/mol. The SMILES string of the molecule is O=C(O)C1CCCN(C(=O)CN2C(=O)CSC=C2c2ccccc2)C1. The molecule has 2 aliphatic heterocycles. The van der Waals surface area contributed by atoms with Crippen molar-refractivity contribution in [3.8, 4) is 0 Å². The molecule has 0 radical (unpaired) electrons. The van der Waals surface area contributed by atoms with Crippen molar-refractivity contribution in [1.82, 2.24) is 9.80 Å². The molecule has 7 heteroatoms. The summed E-state index contributed by atoms with van der Waals surface area (Å²) in [4.78, 5) is 39.3. The minimum atomic E-state index is -0.868. The van der Waals surface area contributed by atoms with Gasteiger partial charge in [0.1, 0.15) is 6.54 Å². The van der Waals surface area contributed by atoms with Gasteiger partial charge in [0.25, 0.3) is 0 Å². The van der Waals surface area contributed by atoms with E-state index in [0.717, 1.165) is 11.3 Å². The van der Waals surface area contributed by atoms with Crippen LogP contribution in [0.15, 0.2) is 35.7 Å². The Bertz CT molecular complexity index is 704. The van der Waals surface area contributed by atoms with E-state index in [1.54, 1.807) is 4.90 Å². The van der Waals surface area contributed by atoms with Crippen molar-refractivity contribution in [3.05, 3.63) is 41.3 Å². The Kier molecular flexibility index (Phi) is 5.43. The first kappa shape index (κ1) is 17.5. The van der Waals surface area contributed by atoms with Gasteiger partial charge in [0.15, 0.2) is 0 Å². The van der Waals surface area contributed by atoms with Gasteiger partial charge in [-0.1, -0.05) is 30.3 Å². The summed E-state index contributed by atoms with van der Waals surface area (Å²) < 4.78 is 0. The summed E-state index contributed by atoms with van der Waals surface area (Å²) in [5.74, 6) is -1.39. The van der Waals surface area contributed by atoms with Crippen LogP contribution in [0.4, 0.5) is 0 Å². The second-order valence-electron chi connectivity index (χ2n) is 6.18. The highest BCUT2D eigenvalue weighted by atomic mass is 32.2. The van der Waals surface area contributed by atoms with E-state index in [0.29, 0.717) is 25.1 Å². The minimum absolute atomic E-state index is 0.0491. The molecule has 1 saturated heterocycles. The number of thioether (sulfide) groups is 1. The fourth-order valence-electron chi connectivity index (χ4n) is 3.11. The number of benzene rings is 1. The summed E-state index contributed by atoms with van der Waals surface area (Å²) in [6.07, 6.45) is 1.27. The molecule has 0 bridgehead atoms. The third-order valence-electron chi connectivity index (χ3n) is 4.48. The molecule has 6 nitrogen and oxygen atoms in total. The third-order valence-corrected chi connectivity index (χ3v) is 5.28. The highest BCUT2D eigenvalue weighted by molar-refractivity contribution is 8.03. The predicted octanol–water partition coefficient (Wildman–Crippen LogP) is 1.88. The van der Waals surface area contributed by atoms with E-state index in [2.05, 4.69) is 0 Å². The second-order valence-corrected chi connectivity index (χ2v) is 7.03. The standard InChI is InChI=1S/C18H20N2O4S/c21-16(19-8-4-7-14(9-19)18(23)24)10-20-15(11-25-12-17(20)22)13-5-2-1-3-6-13/h1-3,5-6,11,14H,4,7-10,12H2,(H,23,24). The highest BCUT2D eigenvalue weighted by Crippen LogP contribution is 2.28. The van der Waals surface area contributed by atoms with Crippen molar-refractivity contribution in [2.45, 2.75) is 12.8 Å². The summed E-state index contributed by atoms with van der Waals surface area (Å²) >= 11 is 1.42. The molecule has 1 N–H and O–H groups in total. The maximum Gasteiger partial charge on any atom is 0.308 e. The van der Waals surface area contributed by atoms with Crippen LogP contribution in [0.3, 0.4) is 0 Å². The number of hydrogen-bond acceptors (Lipinski definition) is 4. The molecule has 0 saturated carbocycles. The lowest BCUT2D eigenvalue weighted by molar-refractivity contribution is -0.146. The fraction of sp³-hybridized carbons (Fsp3) is 0.389. The van der Waals surface area contributed by atoms with Crippen LogP contribution in [0, 0.1) is 5.92 Å². The van der Waals surface area contributed by atoms with Gasteiger partial charge < -0.3 is 14.9 Å². The number of amides is 2. The minimum Gasteiger partial charge on any atom is -0.481 e. The van der Waals surface area contributed by atoms with Crippen LogP contribution >= 0.6 is 11.8 Å². The van der Waals surface area contributed by atoms with Gasteiger partial charge in [-0.15, -0.1) is 11.8 Å². The molecule has 132 valence electrons. The van der Waals surface area contributed by atoms with Crippen LogP contribution < -0.4 is 0 Å². The molecule has 1 aromatic rings. The third kappa shape index (κ3) is 4.04. The predicted molar refractivity (Wildman–Crippen MR) is 95.5 cm³/mol. The Hall–Kier alpha value is -2.28. The molecule has 1 atom stereocenters. The maximum atomic E-state index is 12.7. The van der Waals surface area contributed by atoms with Gasteiger partial charge in [-0.25, -0.2) is 0 Å². The summed E-state index contributed by atoms with van der Waals surface area (Å²) in [5.41, 5.74) is 1.61. The van der Waals surface area contributed by atoms with E-state index in [1.165, 1.54) is 16.7 Å². The van der Waals surface area contributed by atoms with Crippen LogP contribution in [0.5, 0.6) is 0 Å².